The van der Waals surface area contributed by atoms with Crippen molar-refractivity contribution in [2.24, 2.45) is 5.92 Å². The number of rotatable bonds is 5. The first kappa shape index (κ1) is 18.3. The second-order valence-electron chi connectivity index (χ2n) is 7.94. The highest BCUT2D eigenvalue weighted by Gasteiger charge is 2.23. The number of aryl methyl sites for hydroxylation is 1. The van der Waals surface area contributed by atoms with E-state index in [1.54, 1.807) is 0 Å². The van der Waals surface area contributed by atoms with E-state index in [2.05, 4.69) is 15.6 Å². The van der Waals surface area contributed by atoms with Crippen molar-refractivity contribution in [1.82, 2.24) is 20.0 Å². The van der Waals surface area contributed by atoms with Crippen LogP contribution in [0.5, 0.6) is 5.75 Å². The molecule has 27 heavy (non-hydrogen) atoms. The summed E-state index contributed by atoms with van der Waals surface area (Å²) in [5, 5.41) is 6.49. The number of carbonyl (C=O) groups excluding carboxylic acids is 1. The van der Waals surface area contributed by atoms with Crippen LogP contribution in [0, 0.1) is 12.8 Å². The molecular formula is C21H30N4O2. The molecule has 2 aliphatic rings. The lowest BCUT2D eigenvalue weighted by Crippen LogP contribution is -2.46. The first-order chi connectivity index (χ1) is 13.2. The van der Waals surface area contributed by atoms with Crippen molar-refractivity contribution in [3.63, 3.8) is 0 Å². The smallest absolute Gasteiger partial charge is 0.270 e. The Balaban J connectivity index is 1.51. The average Bonchev–Trinajstić information content (AvgIpc) is 3.04. The molecule has 1 saturated carbocycles. The van der Waals surface area contributed by atoms with Crippen molar-refractivity contribution in [3.05, 3.63) is 29.7 Å². The topological polar surface area (TPSA) is 67.7 Å². The predicted molar refractivity (Wildman–Crippen MR) is 105 cm³/mol. The fraction of sp³-hybridized carbons (Fsp3) is 0.619. The Bertz CT molecular complexity index is 789. The van der Waals surface area contributed by atoms with E-state index >= 15 is 0 Å². The minimum absolute atomic E-state index is 0.0573. The number of nitrogens with one attached hydrogen (secondary N) is 2. The summed E-state index contributed by atoms with van der Waals surface area (Å²) in [6, 6.07) is 4.07. The Kier molecular flexibility index (Phi) is 5.62. The number of piperidine rings is 1. The maximum absolute atomic E-state index is 12.9. The normalized spacial score (nSPS) is 21.3. The van der Waals surface area contributed by atoms with Crippen LogP contribution in [-0.4, -0.2) is 41.0 Å². The number of nitrogens with zero attached hydrogens (tertiary/aromatic N) is 2. The number of pyridine rings is 1. The van der Waals surface area contributed by atoms with Crippen LogP contribution in [0.2, 0.25) is 0 Å². The van der Waals surface area contributed by atoms with E-state index in [1.807, 2.05) is 29.7 Å². The van der Waals surface area contributed by atoms with E-state index in [4.69, 9.17) is 4.74 Å². The van der Waals surface area contributed by atoms with Gasteiger partial charge in [0.1, 0.15) is 5.69 Å². The maximum atomic E-state index is 12.9. The molecule has 0 bridgehead atoms. The minimum atomic E-state index is -0.0573. The molecule has 2 N–H and O–H groups in total. The van der Waals surface area contributed by atoms with Crippen LogP contribution < -0.4 is 15.4 Å². The summed E-state index contributed by atoms with van der Waals surface area (Å²) in [7, 11) is 0. The zero-order chi connectivity index (χ0) is 18.6. The molecule has 3 heterocycles. The lowest BCUT2D eigenvalue weighted by Gasteiger charge is -2.23. The van der Waals surface area contributed by atoms with E-state index in [9.17, 15) is 4.79 Å². The number of fused-ring (bicyclic) bond motifs is 1. The molecule has 146 valence electrons. The third-order valence-corrected chi connectivity index (χ3v) is 5.83. The van der Waals surface area contributed by atoms with Crippen LogP contribution in [-0.2, 0) is 0 Å². The monoisotopic (exact) mass is 370 g/mol. The maximum Gasteiger partial charge on any atom is 0.270 e. The van der Waals surface area contributed by atoms with E-state index in [0.717, 1.165) is 49.6 Å². The molecule has 6 heteroatoms. The summed E-state index contributed by atoms with van der Waals surface area (Å²) >= 11 is 0. The van der Waals surface area contributed by atoms with Crippen LogP contribution in [0.4, 0.5) is 0 Å². The Morgan fingerprint density at radius 1 is 1.30 bits per heavy atom. The first-order valence-corrected chi connectivity index (χ1v) is 10.3. The Morgan fingerprint density at radius 2 is 2.15 bits per heavy atom. The van der Waals surface area contributed by atoms with Gasteiger partial charge in [-0.1, -0.05) is 19.3 Å². The van der Waals surface area contributed by atoms with Gasteiger partial charge in [-0.15, -0.1) is 0 Å². The molecule has 1 aliphatic heterocycles. The molecule has 1 aliphatic carbocycles. The fourth-order valence-electron chi connectivity index (χ4n) is 4.33. The highest BCUT2D eigenvalue weighted by Crippen LogP contribution is 2.27. The molecule has 6 nitrogen and oxygen atoms in total. The molecule has 0 radical (unpaired) electrons. The standard InChI is InChI=1S/C21H30N4O2/c1-15-19(21(26)24-17-9-5-11-22-13-17)25-12-6-10-18(20(25)23-15)27-14-16-7-3-2-4-8-16/h6,10,12,16-17,22H,2-5,7-9,11,13-14H2,1H3,(H,24,26)/t17-/m0/s1. The number of hydrogen-bond donors (Lipinski definition) is 2. The van der Waals surface area contributed by atoms with E-state index < -0.39 is 0 Å². The zero-order valence-electron chi connectivity index (χ0n) is 16.2. The second-order valence-corrected chi connectivity index (χ2v) is 7.94. The number of hydrogen-bond acceptors (Lipinski definition) is 4. The molecule has 1 saturated heterocycles. The van der Waals surface area contributed by atoms with Gasteiger partial charge in [-0.3, -0.25) is 9.20 Å². The van der Waals surface area contributed by atoms with Crippen LogP contribution in [0.3, 0.4) is 0 Å². The van der Waals surface area contributed by atoms with Gasteiger partial charge in [-0.05, 0) is 57.2 Å². The average molecular weight is 370 g/mol. The van der Waals surface area contributed by atoms with E-state index in [-0.39, 0.29) is 11.9 Å². The summed E-state index contributed by atoms with van der Waals surface area (Å²) in [4.78, 5) is 17.5. The zero-order valence-corrected chi connectivity index (χ0v) is 16.2. The Labute approximate surface area is 160 Å². The number of amides is 1. The van der Waals surface area contributed by atoms with Gasteiger partial charge in [0.25, 0.3) is 5.91 Å². The Morgan fingerprint density at radius 3 is 2.93 bits per heavy atom. The quantitative estimate of drug-likeness (QED) is 0.849. The van der Waals surface area contributed by atoms with Gasteiger partial charge < -0.3 is 15.4 Å². The van der Waals surface area contributed by atoms with E-state index in [1.165, 1.54) is 32.1 Å². The largest absolute Gasteiger partial charge is 0.489 e. The van der Waals surface area contributed by atoms with Gasteiger partial charge in [-0.2, -0.15) is 0 Å². The van der Waals surface area contributed by atoms with Crippen molar-refractivity contribution < 1.29 is 9.53 Å². The molecule has 4 rings (SSSR count). The van der Waals surface area contributed by atoms with Crippen LogP contribution in [0.15, 0.2) is 18.3 Å². The highest BCUT2D eigenvalue weighted by atomic mass is 16.5. The molecule has 1 amide bonds. The van der Waals surface area contributed by atoms with Gasteiger partial charge in [0, 0.05) is 18.8 Å². The molecule has 0 spiro atoms. The van der Waals surface area contributed by atoms with Crippen LogP contribution in [0.1, 0.15) is 61.1 Å². The summed E-state index contributed by atoms with van der Waals surface area (Å²) in [5.74, 6) is 1.35. The molecule has 1 atom stereocenters. The van der Waals surface area contributed by atoms with Gasteiger partial charge >= 0.3 is 0 Å². The molecule has 0 aromatic carbocycles. The summed E-state index contributed by atoms with van der Waals surface area (Å²) in [5.41, 5.74) is 2.08. The van der Waals surface area contributed by atoms with Crippen molar-refractivity contribution >= 4 is 11.6 Å². The van der Waals surface area contributed by atoms with Crippen molar-refractivity contribution in [2.75, 3.05) is 19.7 Å². The summed E-state index contributed by atoms with van der Waals surface area (Å²) in [6.45, 7) is 4.49. The summed E-state index contributed by atoms with van der Waals surface area (Å²) in [6.07, 6.45) is 10.5. The fourth-order valence-corrected chi connectivity index (χ4v) is 4.33. The summed E-state index contributed by atoms with van der Waals surface area (Å²) < 4.78 is 8.00. The first-order valence-electron chi connectivity index (χ1n) is 10.3. The van der Waals surface area contributed by atoms with Gasteiger partial charge in [0.05, 0.1) is 12.3 Å². The number of ether oxygens (including phenoxy) is 1. The molecule has 0 unspecified atom stereocenters. The second kappa shape index (κ2) is 8.30. The van der Waals surface area contributed by atoms with Crippen molar-refractivity contribution in [1.29, 1.82) is 0 Å². The lowest BCUT2D eigenvalue weighted by molar-refractivity contribution is 0.0924. The van der Waals surface area contributed by atoms with Crippen LogP contribution in [0.25, 0.3) is 5.65 Å². The van der Waals surface area contributed by atoms with Gasteiger partial charge in [0.2, 0.25) is 0 Å². The van der Waals surface area contributed by atoms with Crippen molar-refractivity contribution in [3.8, 4) is 5.75 Å². The minimum Gasteiger partial charge on any atom is -0.489 e. The predicted octanol–water partition coefficient (Wildman–Crippen LogP) is 3.08. The third-order valence-electron chi connectivity index (χ3n) is 5.83. The van der Waals surface area contributed by atoms with E-state index in [0.29, 0.717) is 11.6 Å². The third kappa shape index (κ3) is 4.10. The number of imidazole rings is 1. The number of carbonyl (C=O) groups is 1. The molecular weight excluding hydrogens is 340 g/mol. The van der Waals surface area contributed by atoms with Gasteiger partial charge in [0.15, 0.2) is 11.4 Å². The molecule has 2 aromatic rings. The van der Waals surface area contributed by atoms with Gasteiger partial charge in [-0.25, -0.2) is 4.98 Å². The number of aromatic nitrogens is 2. The SMILES string of the molecule is Cc1nc2c(OCC3CCCCC3)cccn2c1C(=O)N[C@H]1CCCNC1. The molecule has 2 fully saturated rings. The lowest BCUT2D eigenvalue weighted by atomic mass is 9.90. The van der Waals surface area contributed by atoms with Crippen molar-refractivity contribution in [2.45, 2.75) is 57.9 Å². The van der Waals surface area contributed by atoms with Crippen LogP contribution >= 0.6 is 0 Å². The molecule has 2 aromatic heterocycles. The highest BCUT2D eigenvalue weighted by molar-refractivity contribution is 5.95. The Hall–Kier alpha value is -2.08.